The van der Waals surface area contributed by atoms with Crippen molar-refractivity contribution in [3.05, 3.63) is 0 Å². The van der Waals surface area contributed by atoms with Crippen LogP contribution in [0, 0.1) is 22.2 Å². The SMILES string of the molecule is CCC1(CC)C[C@@]12C[C@@H](C(=O)NC(CC1CCC1)C(=O)C(N)=O)N(C(=O)[C@@H](NC(=O)OC(C)(C)C)C(C)(C)C)C2. The summed E-state index contributed by atoms with van der Waals surface area (Å²) in [7, 11) is 0. The van der Waals surface area contributed by atoms with E-state index in [4.69, 9.17) is 10.5 Å². The molecule has 3 fully saturated rings. The molecule has 10 heteroatoms. The van der Waals surface area contributed by atoms with E-state index in [9.17, 15) is 24.0 Å². The third-order valence-electron chi connectivity index (χ3n) is 9.49. The van der Waals surface area contributed by atoms with Crippen LogP contribution in [0.15, 0.2) is 0 Å². The minimum absolute atomic E-state index is 0.0325. The molecule has 1 saturated heterocycles. The Balaban J connectivity index is 1.90. The Bertz CT molecular complexity index is 1020. The molecule has 1 aliphatic heterocycles. The number of carbonyl (C=O) groups is 5. The second-order valence-corrected chi connectivity index (χ2v) is 14.4. The van der Waals surface area contributed by atoms with Crippen molar-refractivity contribution in [1.29, 1.82) is 0 Å². The number of likely N-dealkylation sites (tertiary alicyclic amines) is 1. The first kappa shape index (κ1) is 31.9. The summed E-state index contributed by atoms with van der Waals surface area (Å²) in [6.45, 7) is 15.5. The van der Waals surface area contributed by atoms with Gasteiger partial charge in [0.2, 0.25) is 17.6 Å². The molecule has 0 aromatic carbocycles. The summed E-state index contributed by atoms with van der Waals surface area (Å²) >= 11 is 0. The Kier molecular flexibility index (Phi) is 9.02. The van der Waals surface area contributed by atoms with Crippen molar-refractivity contribution < 1.29 is 28.7 Å². The van der Waals surface area contributed by atoms with Gasteiger partial charge in [0.25, 0.3) is 5.91 Å². The molecular formula is C30H50N4O6. The van der Waals surface area contributed by atoms with Crippen LogP contribution in [-0.2, 0) is 23.9 Å². The van der Waals surface area contributed by atoms with Gasteiger partial charge >= 0.3 is 6.09 Å². The number of nitrogens with two attached hydrogens (primary N) is 1. The summed E-state index contributed by atoms with van der Waals surface area (Å²) in [5.41, 5.74) is 3.73. The number of ketones is 1. The summed E-state index contributed by atoms with van der Waals surface area (Å²) in [4.78, 5) is 66.8. The molecule has 0 radical (unpaired) electrons. The number of nitrogens with one attached hydrogen (secondary N) is 2. The van der Waals surface area contributed by atoms with Gasteiger partial charge in [0.05, 0.1) is 6.04 Å². The van der Waals surface area contributed by atoms with Crippen LogP contribution < -0.4 is 16.4 Å². The molecule has 0 bridgehead atoms. The van der Waals surface area contributed by atoms with Crippen molar-refractivity contribution in [3.63, 3.8) is 0 Å². The number of ether oxygens (including phenoxy) is 1. The van der Waals surface area contributed by atoms with Crippen LogP contribution in [0.25, 0.3) is 0 Å². The predicted octanol–water partition coefficient (Wildman–Crippen LogP) is 3.45. The number of alkyl carbamates (subject to hydrolysis) is 1. The van der Waals surface area contributed by atoms with Gasteiger partial charge in [-0.2, -0.15) is 0 Å². The lowest BCUT2D eigenvalue weighted by atomic mass is 9.80. The topological polar surface area (TPSA) is 148 Å². The predicted molar refractivity (Wildman–Crippen MR) is 151 cm³/mol. The maximum Gasteiger partial charge on any atom is 0.408 e. The van der Waals surface area contributed by atoms with Crippen LogP contribution in [0.1, 0.15) is 107 Å². The largest absolute Gasteiger partial charge is 0.444 e. The highest BCUT2D eigenvalue weighted by atomic mass is 16.6. The number of nitrogens with zero attached hydrogens (tertiary/aromatic N) is 1. The molecule has 3 rings (SSSR count). The number of primary amides is 1. The zero-order chi connectivity index (χ0) is 30.3. The van der Waals surface area contributed by atoms with Gasteiger partial charge in [-0.1, -0.05) is 53.9 Å². The van der Waals surface area contributed by atoms with E-state index < -0.39 is 52.8 Å². The monoisotopic (exact) mass is 562 g/mol. The second kappa shape index (κ2) is 11.3. The van der Waals surface area contributed by atoms with Crippen LogP contribution >= 0.6 is 0 Å². The highest BCUT2D eigenvalue weighted by molar-refractivity contribution is 6.37. The van der Waals surface area contributed by atoms with Crippen molar-refractivity contribution in [1.82, 2.24) is 15.5 Å². The molecule has 4 atom stereocenters. The highest BCUT2D eigenvalue weighted by Crippen LogP contribution is 2.72. The van der Waals surface area contributed by atoms with E-state index in [0.29, 0.717) is 19.4 Å². The fraction of sp³-hybridized carbons (Fsp3) is 0.833. The van der Waals surface area contributed by atoms with Gasteiger partial charge in [0, 0.05) is 6.54 Å². The van der Waals surface area contributed by atoms with E-state index in [0.717, 1.165) is 38.5 Å². The van der Waals surface area contributed by atoms with Gasteiger partial charge in [0.15, 0.2) is 0 Å². The number of hydrogen-bond donors (Lipinski definition) is 3. The van der Waals surface area contributed by atoms with Gasteiger partial charge in [-0.25, -0.2) is 4.79 Å². The van der Waals surface area contributed by atoms with E-state index >= 15 is 0 Å². The number of carbonyl (C=O) groups excluding carboxylic acids is 5. The van der Waals surface area contributed by atoms with Crippen LogP contribution in [0.4, 0.5) is 4.79 Å². The first-order chi connectivity index (χ1) is 18.4. The lowest BCUT2D eigenvalue weighted by Crippen LogP contribution is -2.59. The van der Waals surface area contributed by atoms with Crippen molar-refractivity contribution >= 4 is 29.6 Å². The second-order valence-electron chi connectivity index (χ2n) is 14.4. The quantitative estimate of drug-likeness (QED) is 0.347. The van der Waals surface area contributed by atoms with E-state index in [2.05, 4.69) is 24.5 Å². The maximum absolute atomic E-state index is 14.2. The molecule has 10 nitrogen and oxygen atoms in total. The van der Waals surface area contributed by atoms with Crippen molar-refractivity contribution in [2.45, 2.75) is 130 Å². The van der Waals surface area contributed by atoms with Gasteiger partial charge < -0.3 is 26.0 Å². The molecule has 226 valence electrons. The van der Waals surface area contributed by atoms with Crippen LogP contribution in [0.2, 0.25) is 0 Å². The normalized spacial score (nSPS) is 25.5. The molecule has 1 unspecified atom stereocenters. The van der Waals surface area contributed by atoms with Gasteiger partial charge in [0.1, 0.15) is 17.7 Å². The highest BCUT2D eigenvalue weighted by Gasteiger charge is 2.70. The molecule has 2 aliphatic carbocycles. The minimum Gasteiger partial charge on any atom is -0.444 e. The first-order valence-electron chi connectivity index (χ1n) is 14.8. The van der Waals surface area contributed by atoms with Crippen LogP contribution in [0.3, 0.4) is 0 Å². The molecule has 40 heavy (non-hydrogen) atoms. The number of amides is 4. The van der Waals surface area contributed by atoms with Crippen LogP contribution in [0.5, 0.6) is 0 Å². The third-order valence-corrected chi connectivity index (χ3v) is 9.49. The first-order valence-corrected chi connectivity index (χ1v) is 14.8. The third kappa shape index (κ3) is 6.62. The number of hydrogen-bond acceptors (Lipinski definition) is 6. The lowest BCUT2D eigenvalue weighted by Gasteiger charge is -2.36. The summed E-state index contributed by atoms with van der Waals surface area (Å²) in [6, 6.07) is -2.78. The number of rotatable bonds is 10. The van der Waals surface area contributed by atoms with E-state index in [1.165, 1.54) is 0 Å². The molecule has 3 aliphatic rings. The number of Topliss-reactive ketones (excluding diaryl/α,β-unsaturated/α-hetero) is 1. The Morgan fingerprint density at radius 1 is 1.00 bits per heavy atom. The average Bonchev–Trinajstić information content (AvgIpc) is 3.26. The molecule has 2 saturated carbocycles. The Hall–Kier alpha value is -2.65. The summed E-state index contributed by atoms with van der Waals surface area (Å²) in [5.74, 6) is -2.45. The van der Waals surface area contributed by atoms with Crippen molar-refractivity contribution in [3.8, 4) is 0 Å². The molecular weight excluding hydrogens is 512 g/mol. The van der Waals surface area contributed by atoms with Gasteiger partial charge in [-0.05, 0) is 75.0 Å². The Morgan fingerprint density at radius 3 is 2.02 bits per heavy atom. The fourth-order valence-corrected chi connectivity index (χ4v) is 6.79. The lowest BCUT2D eigenvalue weighted by molar-refractivity contribution is -0.143. The zero-order valence-electron chi connectivity index (χ0n) is 25.6. The molecule has 1 spiro atoms. The summed E-state index contributed by atoms with van der Waals surface area (Å²) in [6.07, 6.45) is 5.83. The zero-order valence-corrected chi connectivity index (χ0v) is 25.6. The van der Waals surface area contributed by atoms with Gasteiger partial charge in [-0.15, -0.1) is 0 Å². The Labute approximate surface area is 238 Å². The fourth-order valence-electron chi connectivity index (χ4n) is 6.79. The minimum atomic E-state index is -1.08. The van der Waals surface area contributed by atoms with Gasteiger partial charge in [-0.3, -0.25) is 19.2 Å². The van der Waals surface area contributed by atoms with Crippen molar-refractivity contribution in [2.75, 3.05) is 6.54 Å². The standard InChI is InChI=1S/C30H50N4O6/c1-9-29(10-2)16-30(29)15-20(24(37)32-19(21(35)23(31)36)14-18-12-11-13-18)34(17-30)25(38)22(27(3,4)5)33-26(39)40-28(6,7)8/h18-20,22H,9-17H2,1-8H3,(H2,31,36)(H,32,37)(H,33,39)/t19?,20-,22+,30+/m0/s1. The molecule has 1 heterocycles. The smallest absolute Gasteiger partial charge is 0.408 e. The molecule has 0 aromatic heterocycles. The summed E-state index contributed by atoms with van der Waals surface area (Å²) in [5, 5.41) is 5.57. The molecule has 0 aromatic rings. The maximum atomic E-state index is 14.2. The van der Waals surface area contributed by atoms with E-state index in [-0.39, 0.29) is 22.7 Å². The van der Waals surface area contributed by atoms with E-state index in [1.54, 1.807) is 25.7 Å². The Morgan fingerprint density at radius 2 is 1.60 bits per heavy atom. The van der Waals surface area contributed by atoms with E-state index in [1.807, 2.05) is 20.8 Å². The summed E-state index contributed by atoms with van der Waals surface area (Å²) < 4.78 is 5.44. The molecule has 4 N–H and O–H groups in total. The van der Waals surface area contributed by atoms with Crippen LogP contribution in [-0.4, -0.2) is 64.8 Å². The average molecular weight is 563 g/mol. The molecule has 4 amide bonds. The van der Waals surface area contributed by atoms with Crippen molar-refractivity contribution in [2.24, 2.45) is 27.9 Å².